The predicted molar refractivity (Wildman–Crippen MR) is 112 cm³/mol. The molecule has 0 spiro atoms. The number of carbonyl (C=O) groups excluding carboxylic acids is 2. The third-order valence-corrected chi connectivity index (χ3v) is 4.54. The smallest absolute Gasteiger partial charge is 0.240 e. The summed E-state index contributed by atoms with van der Waals surface area (Å²) in [4.78, 5) is 24.2. The molecular formula is C24H23FN2O3. The van der Waals surface area contributed by atoms with E-state index in [2.05, 4.69) is 5.32 Å². The Hall–Kier alpha value is -3.67. The van der Waals surface area contributed by atoms with Crippen LogP contribution in [0.1, 0.15) is 16.7 Å². The maximum absolute atomic E-state index is 13.0. The molecule has 6 heteroatoms. The molecule has 154 valence electrons. The molecule has 3 rings (SSSR count). The summed E-state index contributed by atoms with van der Waals surface area (Å²) in [7, 11) is 0. The van der Waals surface area contributed by atoms with Crippen molar-refractivity contribution in [2.75, 3.05) is 0 Å². The molecule has 0 aliphatic carbocycles. The predicted octanol–water partition coefficient (Wildman–Crippen LogP) is 3.16. The molecule has 3 aromatic carbocycles. The van der Waals surface area contributed by atoms with E-state index >= 15 is 0 Å². The summed E-state index contributed by atoms with van der Waals surface area (Å²) in [6.45, 7) is 0.429. The average molecular weight is 406 g/mol. The standard InChI is InChI=1S/C24H23FN2O3/c25-20-11-9-17(10-12-20)15-23(28)27-22(24(26)29)14-19-7-4-8-21(13-19)30-16-18-5-2-1-3-6-18/h1-13,22H,14-16H2,(H2,26,29)(H,27,28)/t22-/m0/s1. The molecule has 0 bridgehead atoms. The molecule has 0 aliphatic heterocycles. The van der Waals surface area contributed by atoms with Gasteiger partial charge in [-0.3, -0.25) is 9.59 Å². The molecule has 0 fully saturated rings. The minimum atomic E-state index is -0.859. The SMILES string of the molecule is NC(=O)[C@H](Cc1cccc(OCc2ccccc2)c1)NC(=O)Cc1ccc(F)cc1. The highest BCUT2D eigenvalue weighted by molar-refractivity contribution is 5.87. The van der Waals surface area contributed by atoms with Crippen molar-refractivity contribution in [1.82, 2.24) is 5.32 Å². The van der Waals surface area contributed by atoms with Crippen LogP contribution in [0, 0.1) is 5.82 Å². The van der Waals surface area contributed by atoms with Gasteiger partial charge in [-0.25, -0.2) is 4.39 Å². The van der Waals surface area contributed by atoms with Crippen molar-refractivity contribution in [3.63, 3.8) is 0 Å². The van der Waals surface area contributed by atoms with Gasteiger partial charge >= 0.3 is 0 Å². The summed E-state index contributed by atoms with van der Waals surface area (Å²) >= 11 is 0. The van der Waals surface area contributed by atoms with Crippen LogP contribution in [0.4, 0.5) is 4.39 Å². The van der Waals surface area contributed by atoms with Crippen molar-refractivity contribution < 1.29 is 18.7 Å². The Labute approximate surface area is 174 Å². The van der Waals surface area contributed by atoms with E-state index in [1.807, 2.05) is 54.6 Å². The van der Waals surface area contributed by atoms with E-state index in [9.17, 15) is 14.0 Å². The van der Waals surface area contributed by atoms with Gasteiger partial charge in [-0.1, -0.05) is 54.6 Å². The number of carbonyl (C=O) groups is 2. The number of hydrogen-bond donors (Lipinski definition) is 2. The molecule has 3 aromatic rings. The number of amides is 2. The van der Waals surface area contributed by atoms with Crippen molar-refractivity contribution >= 4 is 11.8 Å². The molecule has 0 aromatic heterocycles. The van der Waals surface area contributed by atoms with Gasteiger partial charge < -0.3 is 15.8 Å². The van der Waals surface area contributed by atoms with Gasteiger partial charge in [0.05, 0.1) is 6.42 Å². The number of rotatable bonds is 9. The summed E-state index contributed by atoms with van der Waals surface area (Å²) < 4.78 is 18.8. The summed E-state index contributed by atoms with van der Waals surface area (Å²) in [6, 6.07) is 21.9. The topological polar surface area (TPSA) is 81.4 Å². The first-order chi connectivity index (χ1) is 14.5. The normalized spacial score (nSPS) is 11.5. The second kappa shape index (κ2) is 10.2. The van der Waals surface area contributed by atoms with Crippen LogP contribution in [0.3, 0.4) is 0 Å². The maximum atomic E-state index is 13.0. The van der Waals surface area contributed by atoms with E-state index in [1.165, 1.54) is 24.3 Å². The first-order valence-electron chi connectivity index (χ1n) is 9.58. The number of nitrogens with two attached hydrogens (primary N) is 1. The van der Waals surface area contributed by atoms with E-state index in [-0.39, 0.29) is 24.6 Å². The first kappa shape index (κ1) is 21.0. The van der Waals surface area contributed by atoms with Gasteiger partial charge in [-0.2, -0.15) is 0 Å². The Balaban J connectivity index is 1.59. The fourth-order valence-electron chi connectivity index (χ4n) is 2.99. The molecule has 5 nitrogen and oxygen atoms in total. The lowest BCUT2D eigenvalue weighted by Crippen LogP contribution is -2.46. The zero-order chi connectivity index (χ0) is 21.3. The van der Waals surface area contributed by atoms with Gasteiger partial charge in [0.1, 0.15) is 24.2 Å². The van der Waals surface area contributed by atoms with Gasteiger partial charge in [0.15, 0.2) is 0 Å². The minimum Gasteiger partial charge on any atom is -0.489 e. The van der Waals surface area contributed by atoms with Gasteiger partial charge in [0.25, 0.3) is 0 Å². The van der Waals surface area contributed by atoms with E-state index in [0.717, 1.165) is 11.1 Å². The highest BCUT2D eigenvalue weighted by atomic mass is 19.1. The van der Waals surface area contributed by atoms with Crippen LogP contribution in [0.15, 0.2) is 78.9 Å². The number of nitrogens with one attached hydrogen (secondary N) is 1. The molecule has 0 saturated heterocycles. The van der Waals surface area contributed by atoms with Crippen molar-refractivity contribution in [1.29, 1.82) is 0 Å². The van der Waals surface area contributed by atoms with Gasteiger partial charge in [-0.15, -0.1) is 0 Å². The molecule has 2 amide bonds. The van der Waals surface area contributed by atoms with Gasteiger partial charge in [-0.05, 0) is 41.0 Å². The first-order valence-corrected chi connectivity index (χ1v) is 9.58. The lowest BCUT2D eigenvalue weighted by atomic mass is 10.0. The van der Waals surface area contributed by atoms with Crippen molar-refractivity contribution in [3.05, 3.63) is 101 Å². The number of primary amides is 1. The van der Waals surface area contributed by atoms with Gasteiger partial charge in [0.2, 0.25) is 11.8 Å². The molecule has 0 heterocycles. The molecule has 0 unspecified atom stereocenters. The number of ether oxygens (including phenoxy) is 1. The molecule has 0 aliphatic rings. The number of hydrogen-bond acceptors (Lipinski definition) is 3. The zero-order valence-electron chi connectivity index (χ0n) is 16.4. The lowest BCUT2D eigenvalue weighted by Gasteiger charge is -2.16. The van der Waals surface area contributed by atoms with Crippen LogP contribution in [-0.2, 0) is 29.0 Å². The quantitative estimate of drug-likeness (QED) is 0.573. The van der Waals surface area contributed by atoms with Gasteiger partial charge in [0, 0.05) is 6.42 Å². The van der Waals surface area contributed by atoms with E-state index in [4.69, 9.17) is 10.5 Å². The summed E-state index contributed by atoms with van der Waals surface area (Å²) in [5, 5.41) is 2.66. The van der Waals surface area contributed by atoms with Crippen LogP contribution >= 0.6 is 0 Å². The Morgan fingerprint density at radius 2 is 1.60 bits per heavy atom. The molecule has 30 heavy (non-hydrogen) atoms. The monoisotopic (exact) mass is 406 g/mol. The van der Waals surface area contributed by atoms with Crippen LogP contribution in [0.2, 0.25) is 0 Å². The fraction of sp³-hybridized carbons (Fsp3) is 0.167. The maximum Gasteiger partial charge on any atom is 0.240 e. The molecule has 3 N–H and O–H groups in total. The van der Waals surface area contributed by atoms with Crippen molar-refractivity contribution in [2.45, 2.75) is 25.5 Å². The fourth-order valence-corrected chi connectivity index (χ4v) is 2.99. The number of halogens is 1. The van der Waals surface area contributed by atoms with Crippen LogP contribution in [-0.4, -0.2) is 17.9 Å². The second-order valence-electron chi connectivity index (χ2n) is 6.95. The minimum absolute atomic E-state index is 0.0320. The summed E-state index contributed by atoms with van der Waals surface area (Å²) in [5.74, 6) is -0.694. The third kappa shape index (κ3) is 6.44. The van der Waals surface area contributed by atoms with Crippen LogP contribution in [0.5, 0.6) is 5.75 Å². The van der Waals surface area contributed by atoms with Crippen LogP contribution in [0.25, 0.3) is 0 Å². The molecule has 0 saturated carbocycles. The Morgan fingerprint density at radius 3 is 2.30 bits per heavy atom. The third-order valence-electron chi connectivity index (χ3n) is 4.54. The highest BCUT2D eigenvalue weighted by Crippen LogP contribution is 2.16. The van der Waals surface area contributed by atoms with Crippen molar-refractivity contribution in [3.8, 4) is 5.75 Å². The second-order valence-corrected chi connectivity index (χ2v) is 6.95. The molecule has 0 radical (unpaired) electrons. The van der Waals surface area contributed by atoms with Crippen molar-refractivity contribution in [2.24, 2.45) is 5.73 Å². The van der Waals surface area contributed by atoms with E-state index in [0.29, 0.717) is 17.9 Å². The lowest BCUT2D eigenvalue weighted by molar-refractivity contribution is -0.127. The zero-order valence-corrected chi connectivity index (χ0v) is 16.4. The molecule has 1 atom stereocenters. The van der Waals surface area contributed by atoms with E-state index < -0.39 is 11.9 Å². The number of benzene rings is 3. The Morgan fingerprint density at radius 1 is 0.900 bits per heavy atom. The Bertz CT molecular complexity index is 991. The highest BCUT2D eigenvalue weighted by Gasteiger charge is 2.19. The largest absolute Gasteiger partial charge is 0.489 e. The molecular weight excluding hydrogens is 383 g/mol. The summed E-state index contributed by atoms with van der Waals surface area (Å²) in [5.41, 5.74) is 7.99. The van der Waals surface area contributed by atoms with E-state index in [1.54, 1.807) is 0 Å². The van der Waals surface area contributed by atoms with Crippen LogP contribution < -0.4 is 15.8 Å². The Kier molecular flexibility index (Phi) is 7.16. The summed E-state index contributed by atoms with van der Waals surface area (Å²) in [6.07, 6.45) is 0.275. The average Bonchev–Trinajstić information content (AvgIpc) is 2.74.